The first-order valence-electron chi connectivity index (χ1n) is 10.1. The number of aryl methyl sites for hydroxylation is 1. The molecule has 0 saturated carbocycles. The normalized spacial score (nSPS) is 18.1. The SMILES string of the molecule is Cc1cc(/C(O)=C2\C(=O)C(=O)N(Cc3ccco3)C2c2c[nH]c3ccccc23)ccc1Br. The molecule has 3 heterocycles. The summed E-state index contributed by atoms with van der Waals surface area (Å²) in [7, 11) is 0. The molecule has 2 N–H and O–H groups in total. The molecule has 5 rings (SSSR count). The number of ketones is 1. The van der Waals surface area contributed by atoms with Crippen LogP contribution in [0.15, 0.2) is 81.5 Å². The first kappa shape index (κ1) is 20.3. The van der Waals surface area contributed by atoms with Gasteiger partial charge in [0.25, 0.3) is 11.7 Å². The second-order valence-electron chi connectivity index (χ2n) is 7.76. The van der Waals surface area contributed by atoms with E-state index < -0.39 is 17.7 Å². The van der Waals surface area contributed by atoms with Crippen molar-refractivity contribution in [1.29, 1.82) is 0 Å². The molecule has 2 aromatic carbocycles. The van der Waals surface area contributed by atoms with Crippen LogP contribution in [-0.2, 0) is 16.1 Å². The quantitative estimate of drug-likeness (QED) is 0.226. The van der Waals surface area contributed by atoms with Gasteiger partial charge < -0.3 is 19.4 Å². The third-order valence-electron chi connectivity index (χ3n) is 5.79. The molecule has 1 unspecified atom stereocenters. The number of nitrogens with one attached hydrogen (secondary N) is 1. The largest absolute Gasteiger partial charge is 0.507 e. The Morgan fingerprint density at radius 1 is 1.16 bits per heavy atom. The van der Waals surface area contributed by atoms with Gasteiger partial charge in [0.15, 0.2) is 0 Å². The minimum Gasteiger partial charge on any atom is -0.507 e. The molecule has 160 valence electrons. The number of rotatable bonds is 4. The Hall–Kier alpha value is -3.58. The summed E-state index contributed by atoms with van der Waals surface area (Å²) in [6.07, 6.45) is 3.31. The van der Waals surface area contributed by atoms with Gasteiger partial charge in [0.1, 0.15) is 11.5 Å². The number of carbonyl (C=O) groups is 2. The van der Waals surface area contributed by atoms with Crippen LogP contribution in [0.1, 0.15) is 28.5 Å². The maximum absolute atomic E-state index is 13.2. The van der Waals surface area contributed by atoms with Gasteiger partial charge >= 0.3 is 0 Å². The summed E-state index contributed by atoms with van der Waals surface area (Å²) in [5.74, 6) is -1.04. The molecule has 0 bridgehead atoms. The number of aromatic amines is 1. The zero-order valence-electron chi connectivity index (χ0n) is 17.1. The predicted octanol–water partition coefficient (Wildman–Crippen LogP) is 5.45. The number of benzene rings is 2. The molecule has 0 radical (unpaired) electrons. The van der Waals surface area contributed by atoms with Crippen molar-refractivity contribution >= 4 is 44.3 Å². The number of aliphatic hydroxyl groups is 1. The zero-order chi connectivity index (χ0) is 22.4. The number of nitrogens with zero attached hydrogens (tertiary/aromatic N) is 1. The highest BCUT2D eigenvalue weighted by Gasteiger charge is 2.47. The third-order valence-corrected chi connectivity index (χ3v) is 6.68. The van der Waals surface area contributed by atoms with Crippen LogP contribution in [-0.4, -0.2) is 26.7 Å². The molecule has 32 heavy (non-hydrogen) atoms. The highest BCUT2D eigenvalue weighted by Crippen LogP contribution is 2.42. The lowest BCUT2D eigenvalue weighted by atomic mass is 9.94. The Bertz CT molecular complexity index is 1380. The Kier molecular flexibility index (Phi) is 4.98. The van der Waals surface area contributed by atoms with E-state index in [1.807, 2.05) is 37.3 Å². The standard InChI is InChI=1S/C25H19BrN2O4/c1-14-11-15(8-9-19(14)26)23(29)21-22(18-12-27-20-7-3-2-6-17(18)20)28(25(31)24(21)30)13-16-5-4-10-32-16/h2-12,22,27,29H,13H2,1H3/b23-21+. The highest BCUT2D eigenvalue weighted by molar-refractivity contribution is 9.10. The second-order valence-corrected chi connectivity index (χ2v) is 8.61. The Labute approximate surface area is 192 Å². The Balaban J connectivity index is 1.72. The number of likely N-dealkylation sites (tertiary alicyclic amines) is 1. The molecule has 1 atom stereocenters. The number of fused-ring (bicyclic) bond motifs is 1. The molecular formula is C25H19BrN2O4. The summed E-state index contributed by atoms with van der Waals surface area (Å²) in [5, 5.41) is 12.1. The Morgan fingerprint density at radius 3 is 2.72 bits per heavy atom. The van der Waals surface area contributed by atoms with Gasteiger partial charge in [-0.05, 0) is 42.8 Å². The van der Waals surface area contributed by atoms with Gasteiger partial charge in [-0.15, -0.1) is 0 Å². The number of Topliss-reactive ketones (excluding diaryl/α,β-unsaturated/α-hetero) is 1. The second kappa shape index (κ2) is 7.84. The fourth-order valence-electron chi connectivity index (χ4n) is 4.20. The summed E-state index contributed by atoms with van der Waals surface area (Å²) in [6.45, 7) is 2.01. The molecule has 2 aromatic heterocycles. The average Bonchev–Trinajstić information content (AvgIpc) is 3.51. The van der Waals surface area contributed by atoms with Gasteiger partial charge in [-0.3, -0.25) is 9.59 Å². The number of aromatic nitrogens is 1. The number of halogens is 1. The number of hydrogen-bond acceptors (Lipinski definition) is 4. The number of carbonyl (C=O) groups excluding carboxylic acids is 2. The van der Waals surface area contributed by atoms with Crippen LogP contribution in [0.3, 0.4) is 0 Å². The number of aliphatic hydroxyl groups excluding tert-OH is 1. The van der Waals surface area contributed by atoms with Crippen molar-refractivity contribution in [1.82, 2.24) is 9.88 Å². The van der Waals surface area contributed by atoms with E-state index in [9.17, 15) is 14.7 Å². The number of hydrogen-bond donors (Lipinski definition) is 2. The van der Waals surface area contributed by atoms with Crippen molar-refractivity contribution in [2.75, 3.05) is 0 Å². The fourth-order valence-corrected chi connectivity index (χ4v) is 4.45. The van der Waals surface area contributed by atoms with E-state index in [0.29, 0.717) is 11.3 Å². The molecule has 4 aromatic rings. The Morgan fingerprint density at radius 2 is 1.97 bits per heavy atom. The molecule has 1 saturated heterocycles. The monoisotopic (exact) mass is 490 g/mol. The van der Waals surface area contributed by atoms with Gasteiger partial charge in [0.05, 0.1) is 24.4 Å². The summed E-state index contributed by atoms with van der Waals surface area (Å²) < 4.78 is 6.33. The summed E-state index contributed by atoms with van der Waals surface area (Å²) in [5.41, 5.74) is 3.06. The highest BCUT2D eigenvalue weighted by atomic mass is 79.9. The van der Waals surface area contributed by atoms with Crippen molar-refractivity contribution in [3.63, 3.8) is 0 Å². The third kappa shape index (κ3) is 3.26. The summed E-state index contributed by atoms with van der Waals surface area (Å²) in [6, 6.07) is 15.7. The van der Waals surface area contributed by atoms with Crippen LogP contribution in [0.25, 0.3) is 16.7 Å². The van der Waals surface area contributed by atoms with Gasteiger partial charge in [-0.1, -0.05) is 40.2 Å². The average molecular weight is 491 g/mol. The first-order chi connectivity index (χ1) is 15.5. The van der Waals surface area contributed by atoms with Crippen LogP contribution in [0.5, 0.6) is 0 Å². The van der Waals surface area contributed by atoms with Crippen molar-refractivity contribution in [3.8, 4) is 0 Å². The van der Waals surface area contributed by atoms with Crippen molar-refractivity contribution in [3.05, 3.63) is 99.6 Å². The van der Waals surface area contributed by atoms with Gasteiger partial charge in [-0.2, -0.15) is 0 Å². The predicted molar refractivity (Wildman–Crippen MR) is 124 cm³/mol. The van der Waals surface area contributed by atoms with Crippen LogP contribution >= 0.6 is 15.9 Å². The zero-order valence-corrected chi connectivity index (χ0v) is 18.7. The van der Waals surface area contributed by atoms with Gasteiger partial charge in [-0.25, -0.2) is 0 Å². The smallest absolute Gasteiger partial charge is 0.296 e. The lowest BCUT2D eigenvalue weighted by Crippen LogP contribution is -2.29. The van der Waals surface area contributed by atoms with E-state index in [4.69, 9.17) is 4.42 Å². The maximum Gasteiger partial charge on any atom is 0.296 e. The van der Waals surface area contributed by atoms with Crippen LogP contribution in [0.4, 0.5) is 0 Å². The van der Waals surface area contributed by atoms with E-state index in [0.717, 1.165) is 26.5 Å². The van der Waals surface area contributed by atoms with E-state index in [1.165, 1.54) is 11.2 Å². The molecule has 6 nitrogen and oxygen atoms in total. The minimum absolute atomic E-state index is 0.0630. The molecule has 0 spiro atoms. The molecule has 1 fully saturated rings. The minimum atomic E-state index is -0.764. The van der Waals surface area contributed by atoms with Gasteiger partial charge in [0.2, 0.25) is 0 Å². The molecule has 1 aliphatic rings. The molecule has 1 amide bonds. The van der Waals surface area contributed by atoms with E-state index in [2.05, 4.69) is 20.9 Å². The number of para-hydroxylation sites is 1. The number of amides is 1. The first-order valence-corrected chi connectivity index (χ1v) is 10.9. The van der Waals surface area contributed by atoms with E-state index >= 15 is 0 Å². The van der Waals surface area contributed by atoms with Gasteiger partial charge in [0, 0.05) is 32.7 Å². The van der Waals surface area contributed by atoms with Crippen molar-refractivity contribution in [2.45, 2.75) is 19.5 Å². The fraction of sp³-hybridized carbons (Fsp3) is 0.120. The lowest BCUT2D eigenvalue weighted by Gasteiger charge is -2.24. The number of H-pyrrole nitrogens is 1. The van der Waals surface area contributed by atoms with Crippen molar-refractivity contribution in [2.24, 2.45) is 0 Å². The number of furan rings is 1. The maximum atomic E-state index is 13.2. The topological polar surface area (TPSA) is 86.5 Å². The lowest BCUT2D eigenvalue weighted by molar-refractivity contribution is -0.140. The van der Waals surface area contributed by atoms with E-state index in [-0.39, 0.29) is 17.9 Å². The molecule has 0 aliphatic carbocycles. The van der Waals surface area contributed by atoms with Crippen LogP contribution in [0, 0.1) is 6.92 Å². The van der Waals surface area contributed by atoms with Crippen molar-refractivity contribution < 1.29 is 19.1 Å². The molecule has 1 aliphatic heterocycles. The van der Waals surface area contributed by atoms with E-state index in [1.54, 1.807) is 30.5 Å². The van der Waals surface area contributed by atoms with Crippen LogP contribution in [0.2, 0.25) is 0 Å². The van der Waals surface area contributed by atoms with Crippen LogP contribution < -0.4 is 0 Å². The molecular weight excluding hydrogens is 472 g/mol. The summed E-state index contributed by atoms with van der Waals surface area (Å²) in [4.78, 5) is 31.0. The summed E-state index contributed by atoms with van der Waals surface area (Å²) >= 11 is 3.46. The molecule has 7 heteroatoms.